The van der Waals surface area contributed by atoms with Crippen LogP contribution in [0.2, 0.25) is 0 Å². The second-order valence-electron chi connectivity index (χ2n) is 4.26. The standard InChI is InChI=1S/C11H14BrNO3S/c12-9-3-1-8(2-4-9)5-13-10-6-17(15,16)7-11(10)14/h1-4,10-11,13-14H,5-7H2. The highest BCUT2D eigenvalue weighted by Crippen LogP contribution is 2.14. The fourth-order valence-electron chi connectivity index (χ4n) is 1.88. The molecule has 0 bridgehead atoms. The maximum atomic E-state index is 11.3. The summed E-state index contributed by atoms with van der Waals surface area (Å²) in [6, 6.07) is 7.40. The highest BCUT2D eigenvalue weighted by molar-refractivity contribution is 9.10. The molecule has 1 fully saturated rings. The molecular weight excluding hydrogens is 306 g/mol. The Hall–Kier alpha value is -0.430. The van der Waals surface area contributed by atoms with Crippen LogP contribution in [-0.4, -0.2) is 37.2 Å². The zero-order valence-electron chi connectivity index (χ0n) is 9.14. The molecule has 0 aromatic heterocycles. The van der Waals surface area contributed by atoms with Crippen LogP contribution in [0.3, 0.4) is 0 Å². The van der Waals surface area contributed by atoms with Gasteiger partial charge >= 0.3 is 0 Å². The van der Waals surface area contributed by atoms with E-state index in [-0.39, 0.29) is 17.5 Å². The highest BCUT2D eigenvalue weighted by atomic mass is 79.9. The Kier molecular flexibility index (Phi) is 3.87. The molecular formula is C11H14BrNO3S. The lowest BCUT2D eigenvalue weighted by molar-refractivity contribution is 0.165. The van der Waals surface area contributed by atoms with E-state index < -0.39 is 15.9 Å². The van der Waals surface area contributed by atoms with Crippen LogP contribution in [0, 0.1) is 0 Å². The molecule has 2 rings (SSSR count). The van der Waals surface area contributed by atoms with Crippen molar-refractivity contribution >= 4 is 25.8 Å². The van der Waals surface area contributed by atoms with E-state index in [1.54, 1.807) is 0 Å². The minimum absolute atomic E-state index is 0.0185. The van der Waals surface area contributed by atoms with Gasteiger partial charge in [-0.25, -0.2) is 8.42 Å². The second kappa shape index (κ2) is 5.06. The average Bonchev–Trinajstić information content (AvgIpc) is 2.51. The van der Waals surface area contributed by atoms with Crippen molar-refractivity contribution < 1.29 is 13.5 Å². The second-order valence-corrected chi connectivity index (χ2v) is 7.33. The van der Waals surface area contributed by atoms with Gasteiger partial charge in [-0.1, -0.05) is 28.1 Å². The van der Waals surface area contributed by atoms with Crippen LogP contribution < -0.4 is 5.32 Å². The number of nitrogens with one attached hydrogen (secondary N) is 1. The normalized spacial score (nSPS) is 27.2. The van der Waals surface area contributed by atoms with E-state index in [2.05, 4.69) is 21.2 Å². The highest BCUT2D eigenvalue weighted by Gasteiger charge is 2.35. The largest absolute Gasteiger partial charge is 0.390 e. The van der Waals surface area contributed by atoms with E-state index in [0.29, 0.717) is 6.54 Å². The summed E-state index contributed by atoms with van der Waals surface area (Å²) in [5.74, 6) is -0.115. The molecule has 2 atom stereocenters. The molecule has 1 aromatic carbocycles. The fraction of sp³-hybridized carbons (Fsp3) is 0.455. The van der Waals surface area contributed by atoms with Crippen molar-refractivity contribution in [3.05, 3.63) is 34.3 Å². The Morgan fingerprint density at radius 2 is 1.94 bits per heavy atom. The predicted octanol–water partition coefficient (Wildman–Crippen LogP) is 0.697. The van der Waals surface area contributed by atoms with Gasteiger partial charge in [-0.05, 0) is 17.7 Å². The first-order valence-corrected chi connectivity index (χ1v) is 7.94. The number of aliphatic hydroxyl groups is 1. The number of hydrogen-bond donors (Lipinski definition) is 2. The number of benzene rings is 1. The number of aliphatic hydroxyl groups excluding tert-OH is 1. The third-order valence-corrected chi connectivity index (χ3v) is 5.05. The molecule has 17 heavy (non-hydrogen) atoms. The lowest BCUT2D eigenvalue weighted by Crippen LogP contribution is -2.38. The average molecular weight is 320 g/mol. The van der Waals surface area contributed by atoms with Crippen molar-refractivity contribution in [1.82, 2.24) is 5.32 Å². The van der Waals surface area contributed by atoms with E-state index in [0.717, 1.165) is 10.0 Å². The smallest absolute Gasteiger partial charge is 0.154 e. The summed E-state index contributed by atoms with van der Waals surface area (Å²) >= 11 is 3.35. The quantitative estimate of drug-likeness (QED) is 0.860. The van der Waals surface area contributed by atoms with Crippen molar-refractivity contribution in [1.29, 1.82) is 0 Å². The van der Waals surface area contributed by atoms with Gasteiger partial charge in [0.2, 0.25) is 0 Å². The van der Waals surface area contributed by atoms with Crippen molar-refractivity contribution in [3.8, 4) is 0 Å². The molecule has 1 aliphatic heterocycles. The summed E-state index contributed by atoms with van der Waals surface area (Å²) in [4.78, 5) is 0. The summed E-state index contributed by atoms with van der Waals surface area (Å²) in [6.45, 7) is 0.560. The molecule has 6 heteroatoms. The lowest BCUT2D eigenvalue weighted by Gasteiger charge is -2.14. The number of rotatable bonds is 3. The van der Waals surface area contributed by atoms with Crippen molar-refractivity contribution in [3.63, 3.8) is 0 Å². The van der Waals surface area contributed by atoms with Crippen LogP contribution in [0.15, 0.2) is 28.7 Å². The first-order valence-electron chi connectivity index (χ1n) is 5.32. The number of hydrogen-bond acceptors (Lipinski definition) is 4. The number of sulfone groups is 1. The van der Waals surface area contributed by atoms with Gasteiger partial charge in [0, 0.05) is 17.1 Å². The molecule has 94 valence electrons. The molecule has 1 saturated heterocycles. The molecule has 0 aliphatic carbocycles. The van der Waals surface area contributed by atoms with Crippen molar-refractivity contribution in [2.24, 2.45) is 0 Å². The molecule has 2 unspecified atom stereocenters. The van der Waals surface area contributed by atoms with E-state index in [1.807, 2.05) is 24.3 Å². The van der Waals surface area contributed by atoms with Crippen LogP contribution in [0.5, 0.6) is 0 Å². The third kappa shape index (κ3) is 3.51. The Labute approximate surface area is 109 Å². The summed E-state index contributed by atoms with van der Waals surface area (Å²) < 4.78 is 23.6. The molecule has 4 nitrogen and oxygen atoms in total. The molecule has 0 radical (unpaired) electrons. The van der Waals surface area contributed by atoms with Gasteiger partial charge in [0.05, 0.1) is 17.6 Å². The zero-order chi connectivity index (χ0) is 12.5. The van der Waals surface area contributed by atoms with Gasteiger partial charge in [0.1, 0.15) is 0 Å². The molecule has 0 amide bonds. The molecule has 0 spiro atoms. The SMILES string of the molecule is O=S1(=O)CC(O)C(NCc2ccc(Br)cc2)C1. The molecule has 1 aromatic rings. The van der Waals surface area contributed by atoms with Crippen molar-refractivity contribution in [2.75, 3.05) is 11.5 Å². The summed E-state index contributed by atoms with van der Waals surface area (Å²) in [6.07, 6.45) is -0.796. The Bertz CT molecular complexity index is 486. The third-order valence-electron chi connectivity index (χ3n) is 2.80. The van der Waals surface area contributed by atoms with E-state index >= 15 is 0 Å². The monoisotopic (exact) mass is 319 g/mol. The molecule has 2 N–H and O–H groups in total. The molecule has 1 aliphatic rings. The van der Waals surface area contributed by atoms with Gasteiger partial charge in [0.15, 0.2) is 9.84 Å². The number of halogens is 1. The van der Waals surface area contributed by atoms with Gasteiger partial charge < -0.3 is 10.4 Å². The summed E-state index contributed by atoms with van der Waals surface area (Å²) in [5.41, 5.74) is 1.06. The van der Waals surface area contributed by atoms with Gasteiger partial charge in [0.25, 0.3) is 0 Å². The van der Waals surface area contributed by atoms with Crippen LogP contribution in [0.4, 0.5) is 0 Å². The van der Waals surface area contributed by atoms with Crippen molar-refractivity contribution in [2.45, 2.75) is 18.7 Å². The first kappa shape index (κ1) is 13.0. The molecule has 0 saturated carbocycles. The van der Waals surface area contributed by atoms with Crippen LogP contribution in [0.25, 0.3) is 0 Å². The maximum absolute atomic E-state index is 11.3. The van der Waals surface area contributed by atoms with E-state index in [9.17, 15) is 13.5 Å². The van der Waals surface area contributed by atoms with Crippen LogP contribution in [-0.2, 0) is 16.4 Å². The Morgan fingerprint density at radius 3 is 2.47 bits per heavy atom. The fourth-order valence-corrected chi connectivity index (χ4v) is 3.92. The first-order chi connectivity index (χ1) is 7.96. The Morgan fingerprint density at radius 1 is 1.29 bits per heavy atom. The van der Waals surface area contributed by atoms with Gasteiger partial charge in [-0.3, -0.25) is 0 Å². The molecule has 1 heterocycles. The van der Waals surface area contributed by atoms with Gasteiger partial charge in [-0.15, -0.1) is 0 Å². The minimum atomic E-state index is -3.08. The lowest BCUT2D eigenvalue weighted by atomic mass is 10.2. The maximum Gasteiger partial charge on any atom is 0.154 e. The Balaban J connectivity index is 1.93. The zero-order valence-corrected chi connectivity index (χ0v) is 11.5. The summed E-state index contributed by atoms with van der Waals surface area (Å²) in [7, 11) is -3.08. The van der Waals surface area contributed by atoms with E-state index in [1.165, 1.54) is 0 Å². The van der Waals surface area contributed by atoms with E-state index in [4.69, 9.17) is 0 Å². The van der Waals surface area contributed by atoms with Gasteiger partial charge in [-0.2, -0.15) is 0 Å². The minimum Gasteiger partial charge on any atom is -0.390 e. The summed E-state index contributed by atoms with van der Waals surface area (Å²) in [5, 5.41) is 12.7. The predicted molar refractivity (Wildman–Crippen MR) is 69.4 cm³/mol. The van der Waals surface area contributed by atoms with Crippen LogP contribution >= 0.6 is 15.9 Å². The van der Waals surface area contributed by atoms with Crippen LogP contribution in [0.1, 0.15) is 5.56 Å². The topological polar surface area (TPSA) is 66.4 Å².